The van der Waals surface area contributed by atoms with Gasteiger partial charge in [-0.3, -0.25) is 0 Å². The Kier molecular flexibility index (Phi) is 4.61. The van der Waals surface area contributed by atoms with E-state index in [9.17, 15) is 0 Å². The molecule has 0 radical (unpaired) electrons. The van der Waals surface area contributed by atoms with Gasteiger partial charge in [-0.2, -0.15) is 0 Å². The summed E-state index contributed by atoms with van der Waals surface area (Å²) in [7, 11) is 0. The van der Waals surface area contributed by atoms with Crippen LogP contribution in [0.25, 0.3) is 0 Å². The van der Waals surface area contributed by atoms with E-state index in [-0.39, 0.29) is 6.04 Å². The van der Waals surface area contributed by atoms with E-state index in [1.807, 2.05) is 32.0 Å². The molecule has 19 heavy (non-hydrogen) atoms. The SMILES string of the molecule is CCC(NCc1c(C)noc1C)c1cccc(Cl)c1. The smallest absolute Gasteiger partial charge is 0.138 e. The minimum Gasteiger partial charge on any atom is -0.361 e. The maximum absolute atomic E-state index is 6.04. The molecule has 102 valence electrons. The van der Waals surface area contributed by atoms with Gasteiger partial charge in [0, 0.05) is 23.2 Å². The number of nitrogens with one attached hydrogen (secondary N) is 1. The molecule has 2 rings (SSSR count). The van der Waals surface area contributed by atoms with Crippen molar-refractivity contribution in [1.29, 1.82) is 0 Å². The fraction of sp³-hybridized carbons (Fsp3) is 0.400. The van der Waals surface area contributed by atoms with Crippen LogP contribution < -0.4 is 5.32 Å². The number of halogens is 1. The number of hydrogen-bond acceptors (Lipinski definition) is 3. The highest BCUT2D eigenvalue weighted by Crippen LogP contribution is 2.21. The first-order valence-corrected chi connectivity index (χ1v) is 6.90. The van der Waals surface area contributed by atoms with Crippen LogP contribution in [-0.2, 0) is 6.54 Å². The number of rotatable bonds is 5. The van der Waals surface area contributed by atoms with Crippen molar-refractivity contribution in [3.63, 3.8) is 0 Å². The van der Waals surface area contributed by atoms with Crippen molar-refractivity contribution >= 4 is 11.6 Å². The highest BCUT2D eigenvalue weighted by Gasteiger charge is 2.13. The fourth-order valence-electron chi connectivity index (χ4n) is 2.20. The summed E-state index contributed by atoms with van der Waals surface area (Å²) in [5.41, 5.74) is 3.30. The molecule has 1 unspecified atom stereocenters. The molecule has 0 aliphatic rings. The van der Waals surface area contributed by atoms with E-state index in [1.54, 1.807) is 0 Å². The molecule has 0 fully saturated rings. The molecule has 1 N–H and O–H groups in total. The largest absolute Gasteiger partial charge is 0.361 e. The summed E-state index contributed by atoms with van der Waals surface area (Å²) in [6.45, 7) is 6.82. The summed E-state index contributed by atoms with van der Waals surface area (Å²) in [4.78, 5) is 0. The van der Waals surface area contributed by atoms with E-state index in [4.69, 9.17) is 16.1 Å². The molecular formula is C15H19ClN2O. The molecule has 4 heteroatoms. The molecule has 1 heterocycles. The molecule has 3 nitrogen and oxygen atoms in total. The second-order valence-electron chi connectivity index (χ2n) is 4.70. The van der Waals surface area contributed by atoms with Crippen molar-refractivity contribution in [3.8, 4) is 0 Å². The van der Waals surface area contributed by atoms with Gasteiger partial charge in [0.15, 0.2) is 0 Å². The van der Waals surface area contributed by atoms with Crippen molar-refractivity contribution in [2.24, 2.45) is 0 Å². The Bertz CT molecular complexity index is 531. The number of hydrogen-bond donors (Lipinski definition) is 1. The number of aryl methyl sites for hydroxylation is 2. The minimum absolute atomic E-state index is 0.285. The monoisotopic (exact) mass is 278 g/mol. The molecular weight excluding hydrogens is 260 g/mol. The van der Waals surface area contributed by atoms with Gasteiger partial charge in [-0.05, 0) is 38.0 Å². The van der Waals surface area contributed by atoms with E-state index < -0.39 is 0 Å². The van der Waals surface area contributed by atoms with Gasteiger partial charge in [-0.25, -0.2) is 0 Å². The van der Waals surface area contributed by atoms with Gasteiger partial charge in [0.05, 0.1) is 5.69 Å². The molecule has 2 aromatic rings. The van der Waals surface area contributed by atoms with Gasteiger partial charge >= 0.3 is 0 Å². The van der Waals surface area contributed by atoms with Crippen molar-refractivity contribution in [2.75, 3.05) is 0 Å². The van der Waals surface area contributed by atoms with E-state index in [0.717, 1.165) is 35.0 Å². The van der Waals surface area contributed by atoms with Gasteiger partial charge in [0.1, 0.15) is 5.76 Å². The molecule has 0 saturated heterocycles. The van der Waals surface area contributed by atoms with E-state index in [0.29, 0.717) is 0 Å². The zero-order valence-corrected chi connectivity index (χ0v) is 12.3. The normalized spacial score (nSPS) is 12.6. The Labute approximate surface area is 118 Å². The fourth-order valence-corrected chi connectivity index (χ4v) is 2.40. The van der Waals surface area contributed by atoms with Crippen molar-refractivity contribution in [1.82, 2.24) is 10.5 Å². The third-order valence-corrected chi connectivity index (χ3v) is 3.60. The number of aromatic nitrogens is 1. The highest BCUT2D eigenvalue weighted by molar-refractivity contribution is 6.30. The van der Waals surface area contributed by atoms with Gasteiger partial charge in [0.25, 0.3) is 0 Å². The Morgan fingerprint density at radius 1 is 1.37 bits per heavy atom. The average molecular weight is 279 g/mol. The quantitative estimate of drug-likeness (QED) is 0.891. The topological polar surface area (TPSA) is 38.1 Å². The van der Waals surface area contributed by atoms with Crippen LogP contribution in [0.1, 0.15) is 42.0 Å². The van der Waals surface area contributed by atoms with E-state index in [1.165, 1.54) is 5.56 Å². The summed E-state index contributed by atoms with van der Waals surface area (Å²) < 4.78 is 5.17. The zero-order chi connectivity index (χ0) is 13.8. The summed E-state index contributed by atoms with van der Waals surface area (Å²) in [6, 6.07) is 8.27. The lowest BCUT2D eigenvalue weighted by Gasteiger charge is -2.17. The third-order valence-electron chi connectivity index (χ3n) is 3.37. The first kappa shape index (κ1) is 14.1. The molecule has 0 aliphatic carbocycles. The summed E-state index contributed by atoms with van der Waals surface area (Å²) in [5.74, 6) is 0.881. The lowest BCUT2D eigenvalue weighted by molar-refractivity contribution is 0.391. The van der Waals surface area contributed by atoms with Crippen LogP contribution in [0.5, 0.6) is 0 Å². The Morgan fingerprint density at radius 2 is 2.16 bits per heavy atom. The van der Waals surface area contributed by atoms with Gasteiger partial charge < -0.3 is 9.84 Å². The maximum atomic E-state index is 6.04. The Morgan fingerprint density at radius 3 is 2.74 bits per heavy atom. The molecule has 1 aromatic carbocycles. The second-order valence-corrected chi connectivity index (χ2v) is 5.14. The molecule has 0 spiro atoms. The van der Waals surface area contributed by atoms with Crippen LogP contribution in [0.3, 0.4) is 0 Å². The van der Waals surface area contributed by atoms with Crippen molar-refractivity contribution < 1.29 is 4.52 Å². The molecule has 0 aliphatic heterocycles. The molecule has 0 saturated carbocycles. The summed E-state index contributed by atoms with van der Waals surface area (Å²) in [6.07, 6.45) is 1.00. The molecule has 1 atom stereocenters. The zero-order valence-electron chi connectivity index (χ0n) is 11.5. The number of benzene rings is 1. The Hall–Kier alpha value is -1.32. The average Bonchev–Trinajstić information content (AvgIpc) is 2.71. The number of nitrogens with zero attached hydrogens (tertiary/aromatic N) is 1. The predicted molar refractivity (Wildman–Crippen MR) is 77.3 cm³/mol. The summed E-state index contributed by atoms with van der Waals surface area (Å²) in [5, 5.41) is 8.28. The second kappa shape index (κ2) is 6.22. The van der Waals surface area contributed by atoms with Gasteiger partial charge in [0.2, 0.25) is 0 Å². The van der Waals surface area contributed by atoms with Crippen LogP contribution in [0.2, 0.25) is 5.02 Å². The van der Waals surface area contributed by atoms with Crippen LogP contribution in [0, 0.1) is 13.8 Å². The van der Waals surface area contributed by atoms with Crippen LogP contribution in [0.4, 0.5) is 0 Å². The summed E-state index contributed by atoms with van der Waals surface area (Å²) >= 11 is 6.04. The van der Waals surface area contributed by atoms with E-state index in [2.05, 4.69) is 23.5 Å². The standard InChI is InChI=1S/C15H19ClN2O/c1-4-15(12-6-5-7-13(16)8-12)17-9-14-10(2)18-19-11(14)3/h5-8,15,17H,4,9H2,1-3H3. The van der Waals surface area contributed by atoms with Crippen LogP contribution >= 0.6 is 11.6 Å². The lowest BCUT2D eigenvalue weighted by Crippen LogP contribution is -2.20. The Balaban J connectivity index is 2.08. The minimum atomic E-state index is 0.285. The van der Waals surface area contributed by atoms with Crippen molar-refractivity contribution in [3.05, 3.63) is 51.9 Å². The first-order valence-electron chi connectivity index (χ1n) is 6.52. The van der Waals surface area contributed by atoms with Crippen LogP contribution in [0.15, 0.2) is 28.8 Å². The van der Waals surface area contributed by atoms with E-state index >= 15 is 0 Å². The third kappa shape index (κ3) is 3.37. The highest BCUT2D eigenvalue weighted by atomic mass is 35.5. The molecule has 0 amide bonds. The predicted octanol–water partition coefficient (Wildman–Crippen LogP) is 4.19. The van der Waals surface area contributed by atoms with Crippen LogP contribution in [-0.4, -0.2) is 5.16 Å². The molecule has 0 bridgehead atoms. The lowest BCUT2D eigenvalue weighted by atomic mass is 10.0. The maximum Gasteiger partial charge on any atom is 0.138 e. The van der Waals surface area contributed by atoms with Gasteiger partial charge in [-0.15, -0.1) is 0 Å². The molecule has 1 aromatic heterocycles. The first-order chi connectivity index (χ1) is 9.11. The van der Waals surface area contributed by atoms with Gasteiger partial charge in [-0.1, -0.05) is 35.8 Å². The van der Waals surface area contributed by atoms with Crippen molar-refractivity contribution in [2.45, 2.75) is 39.8 Å².